The van der Waals surface area contributed by atoms with Gasteiger partial charge in [-0.25, -0.2) is 4.39 Å². The van der Waals surface area contributed by atoms with Gasteiger partial charge < -0.3 is 15.2 Å². The van der Waals surface area contributed by atoms with Crippen LogP contribution in [0, 0.1) is 0 Å². The van der Waals surface area contributed by atoms with Crippen molar-refractivity contribution in [1.29, 1.82) is 0 Å². The smallest absolute Gasteiger partial charge is 0.164 e. The summed E-state index contributed by atoms with van der Waals surface area (Å²) in [5, 5.41) is 0. The Morgan fingerprint density at radius 2 is 2.06 bits per heavy atom. The number of fused-ring (bicyclic) bond motifs is 1. The summed E-state index contributed by atoms with van der Waals surface area (Å²) in [4.78, 5) is 0. The third-order valence-corrected chi connectivity index (χ3v) is 3.64. The maximum absolute atomic E-state index is 13.5. The Hall–Kier alpha value is -1.29. The van der Waals surface area contributed by atoms with Crippen LogP contribution >= 0.6 is 0 Å². The van der Waals surface area contributed by atoms with Gasteiger partial charge in [0.25, 0.3) is 0 Å². The summed E-state index contributed by atoms with van der Waals surface area (Å²) in [7, 11) is 0. The number of alkyl halides is 1. The van der Waals surface area contributed by atoms with E-state index >= 15 is 0 Å². The van der Waals surface area contributed by atoms with Crippen molar-refractivity contribution >= 4 is 0 Å². The molecule has 0 bridgehead atoms. The van der Waals surface area contributed by atoms with Crippen LogP contribution in [-0.4, -0.2) is 18.8 Å². The van der Waals surface area contributed by atoms with E-state index in [0.29, 0.717) is 24.5 Å². The molecule has 1 saturated carbocycles. The number of nitrogens with two attached hydrogens (primary N) is 1. The van der Waals surface area contributed by atoms with Crippen LogP contribution in [-0.2, 0) is 6.42 Å². The second kappa shape index (κ2) is 4.12. The highest BCUT2D eigenvalue weighted by Crippen LogP contribution is 2.43. The molecule has 1 aromatic carbocycles. The molecule has 1 aliphatic carbocycles. The Morgan fingerprint density at radius 3 is 2.72 bits per heavy atom. The van der Waals surface area contributed by atoms with Crippen molar-refractivity contribution in [3.63, 3.8) is 0 Å². The number of ether oxygens (including phenoxy) is 2. The Morgan fingerprint density at radius 1 is 1.33 bits per heavy atom. The molecule has 1 fully saturated rings. The minimum absolute atomic E-state index is 0.118. The lowest BCUT2D eigenvalue weighted by Gasteiger charge is -2.23. The highest BCUT2D eigenvalue weighted by molar-refractivity contribution is 5.51. The predicted molar refractivity (Wildman–Crippen MR) is 66.8 cm³/mol. The fraction of sp³-hybridized carbons (Fsp3) is 0.571. The molecule has 1 unspecified atom stereocenters. The van der Waals surface area contributed by atoms with Crippen LogP contribution in [0.25, 0.3) is 0 Å². The van der Waals surface area contributed by atoms with Gasteiger partial charge in [-0.05, 0) is 43.9 Å². The monoisotopic (exact) mass is 251 g/mol. The Labute approximate surface area is 106 Å². The van der Waals surface area contributed by atoms with E-state index < -0.39 is 6.17 Å². The minimum Gasteiger partial charge on any atom is -0.486 e. The van der Waals surface area contributed by atoms with Gasteiger partial charge in [0.2, 0.25) is 0 Å². The van der Waals surface area contributed by atoms with Crippen LogP contribution in [0.2, 0.25) is 0 Å². The fourth-order valence-corrected chi connectivity index (χ4v) is 2.33. The van der Waals surface area contributed by atoms with Gasteiger partial charge in [0.05, 0.1) is 0 Å². The van der Waals surface area contributed by atoms with Crippen LogP contribution in [0.3, 0.4) is 0 Å². The van der Waals surface area contributed by atoms with Gasteiger partial charge >= 0.3 is 0 Å². The molecule has 3 nitrogen and oxygen atoms in total. The molecule has 1 aromatic rings. The van der Waals surface area contributed by atoms with E-state index in [-0.39, 0.29) is 5.54 Å². The lowest BCUT2D eigenvalue weighted by molar-refractivity contribution is 0.169. The molecule has 1 heterocycles. The second-order valence-corrected chi connectivity index (χ2v) is 5.36. The molecule has 0 spiro atoms. The van der Waals surface area contributed by atoms with Gasteiger partial charge in [-0.1, -0.05) is 0 Å². The molecule has 3 rings (SSSR count). The molecule has 0 aromatic heterocycles. The van der Waals surface area contributed by atoms with Crippen LogP contribution in [0.15, 0.2) is 12.1 Å². The highest BCUT2D eigenvalue weighted by Gasteiger charge is 2.39. The summed E-state index contributed by atoms with van der Waals surface area (Å²) < 4.78 is 24.7. The fourth-order valence-electron chi connectivity index (χ4n) is 2.33. The molecule has 0 saturated heterocycles. The average molecular weight is 251 g/mol. The maximum Gasteiger partial charge on any atom is 0.164 e. The number of hydrogen-bond donors (Lipinski definition) is 1. The largest absolute Gasteiger partial charge is 0.486 e. The van der Waals surface area contributed by atoms with E-state index in [1.807, 2.05) is 6.07 Å². The SMILES string of the molecule is CC(F)c1cc(CC2(N)CC2)c2c(c1)OCCO2. The van der Waals surface area contributed by atoms with Crippen molar-refractivity contribution in [3.8, 4) is 11.5 Å². The van der Waals surface area contributed by atoms with Crippen LogP contribution in [0.1, 0.15) is 37.1 Å². The van der Waals surface area contributed by atoms with Crippen molar-refractivity contribution in [3.05, 3.63) is 23.3 Å². The van der Waals surface area contributed by atoms with Crippen molar-refractivity contribution in [1.82, 2.24) is 0 Å². The van der Waals surface area contributed by atoms with E-state index in [0.717, 1.165) is 30.6 Å². The lowest BCUT2D eigenvalue weighted by Crippen LogP contribution is -2.26. The summed E-state index contributed by atoms with van der Waals surface area (Å²) >= 11 is 0. The zero-order valence-corrected chi connectivity index (χ0v) is 10.5. The van der Waals surface area contributed by atoms with Crippen molar-refractivity contribution in [2.24, 2.45) is 5.73 Å². The summed E-state index contributed by atoms with van der Waals surface area (Å²) in [6.07, 6.45) is 1.78. The van der Waals surface area contributed by atoms with Gasteiger partial charge in [0.15, 0.2) is 11.5 Å². The van der Waals surface area contributed by atoms with Crippen LogP contribution in [0.5, 0.6) is 11.5 Å². The molecular weight excluding hydrogens is 233 g/mol. The Kier molecular flexibility index (Phi) is 2.70. The van der Waals surface area contributed by atoms with E-state index in [4.69, 9.17) is 15.2 Å². The quantitative estimate of drug-likeness (QED) is 0.897. The molecule has 4 heteroatoms. The normalized spacial score (nSPS) is 21.5. The molecule has 2 aliphatic rings. The third-order valence-electron chi connectivity index (χ3n) is 3.64. The average Bonchev–Trinajstić information content (AvgIpc) is 3.06. The molecule has 18 heavy (non-hydrogen) atoms. The maximum atomic E-state index is 13.5. The first-order valence-corrected chi connectivity index (χ1v) is 6.43. The van der Waals surface area contributed by atoms with Gasteiger partial charge in [0.1, 0.15) is 19.4 Å². The molecule has 98 valence electrons. The summed E-state index contributed by atoms with van der Waals surface area (Å²) in [6.45, 7) is 2.59. The van der Waals surface area contributed by atoms with E-state index in [2.05, 4.69) is 0 Å². The highest BCUT2D eigenvalue weighted by atomic mass is 19.1. The number of benzene rings is 1. The van der Waals surface area contributed by atoms with Gasteiger partial charge in [-0.3, -0.25) is 0 Å². The van der Waals surface area contributed by atoms with Crippen LogP contribution < -0.4 is 15.2 Å². The summed E-state index contributed by atoms with van der Waals surface area (Å²) in [5.41, 5.74) is 7.65. The summed E-state index contributed by atoms with van der Waals surface area (Å²) in [5.74, 6) is 1.41. The molecule has 0 radical (unpaired) electrons. The van der Waals surface area contributed by atoms with Crippen molar-refractivity contribution in [2.45, 2.75) is 37.9 Å². The molecule has 0 amide bonds. The molecule has 1 aliphatic heterocycles. The van der Waals surface area contributed by atoms with Gasteiger partial charge in [0, 0.05) is 11.1 Å². The van der Waals surface area contributed by atoms with E-state index in [1.54, 1.807) is 6.07 Å². The number of halogens is 1. The zero-order chi connectivity index (χ0) is 12.8. The Bertz CT molecular complexity index is 469. The molecule has 2 N–H and O–H groups in total. The Balaban J connectivity index is 2.00. The first-order valence-electron chi connectivity index (χ1n) is 6.43. The second-order valence-electron chi connectivity index (χ2n) is 5.36. The van der Waals surface area contributed by atoms with Gasteiger partial charge in [-0.15, -0.1) is 0 Å². The van der Waals surface area contributed by atoms with Crippen LogP contribution in [0.4, 0.5) is 4.39 Å². The first-order chi connectivity index (χ1) is 8.57. The topological polar surface area (TPSA) is 44.5 Å². The first kappa shape index (κ1) is 11.8. The van der Waals surface area contributed by atoms with Crippen molar-refractivity contribution < 1.29 is 13.9 Å². The third kappa shape index (κ3) is 2.17. The standard InChI is InChI=1S/C14H18FNO2/c1-9(15)10-6-11(8-14(16)2-3-14)13-12(7-10)17-4-5-18-13/h6-7,9H,2-5,8,16H2,1H3. The van der Waals surface area contributed by atoms with Gasteiger partial charge in [-0.2, -0.15) is 0 Å². The van der Waals surface area contributed by atoms with Crippen molar-refractivity contribution in [2.75, 3.05) is 13.2 Å². The molecule has 1 atom stereocenters. The number of rotatable bonds is 3. The number of hydrogen-bond acceptors (Lipinski definition) is 3. The van der Waals surface area contributed by atoms with E-state index in [9.17, 15) is 4.39 Å². The molecular formula is C14H18FNO2. The van der Waals surface area contributed by atoms with E-state index in [1.165, 1.54) is 6.92 Å². The lowest BCUT2D eigenvalue weighted by atomic mass is 9.99. The minimum atomic E-state index is -1.01. The zero-order valence-electron chi connectivity index (χ0n) is 10.5. The summed E-state index contributed by atoms with van der Waals surface area (Å²) in [6, 6.07) is 3.60. The predicted octanol–water partition coefficient (Wildman–Crippen LogP) is 2.52.